The maximum absolute atomic E-state index is 15.1. The van der Waals surface area contributed by atoms with Crippen LogP contribution in [0.25, 0.3) is 11.1 Å². The maximum Gasteiger partial charge on any atom is 0.255 e. The third-order valence-electron chi connectivity index (χ3n) is 7.85. The molecule has 1 aliphatic carbocycles. The van der Waals surface area contributed by atoms with Crippen molar-refractivity contribution in [1.82, 2.24) is 20.1 Å². The number of aryl methyl sites for hydroxylation is 1. The first kappa shape index (κ1) is 27.2. The van der Waals surface area contributed by atoms with Gasteiger partial charge in [0.15, 0.2) is 0 Å². The van der Waals surface area contributed by atoms with Crippen molar-refractivity contribution in [2.45, 2.75) is 51.5 Å². The summed E-state index contributed by atoms with van der Waals surface area (Å²) in [4.78, 5) is 22.1. The highest BCUT2D eigenvalue weighted by Crippen LogP contribution is 2.27. The molecule has 3 aromatic rings. The summed E-state index contributed by atoms with van der Waals surface area (Å²) in [5, 5.41) is 3.11. The molecule has 206 valence electrons. The van der Waals surface area contributed by atoms with Gasteiger partial charge in [-0.15, -0.1) is 0 Å². The van der Waals surface area contributed by atoms with Gasteiger partial charge in [-0.3, -0.25) is 9.69 Å². The largest absolute Gasteiger partial charge is 0.383 e. The number of pyridine rings is 1. The van der Waals surface area contributed by atoms with Crippen LogP contribution in [0.1, 0.15) is 46.3 Å². The van der Waals surface area contributed by atoms with Crippen LogP contribution in [-0.4, -0.2) is 66.1 Å². The number of likely N-dealkylation sites (N-methyl/N-ethyl adjacent to an activating group) is 1. The van der Waals surface area contributed by atoms with Crippen LogP contribution >= 0.6 is 0 Å². The van der Waals surface area contributed by atoms with Crippen molar-refractivity contribution in [3.63, 3.8) is 0 Å². The standard InChI is InChI=1S/C31H38FN5O2/c1-21-5-3-6-22(15-21)20-39-29-8-4-7-28(29)35-31(38)26-16-25(18-34-30(26)33)23-9-10-24(27(32)17-23)19-37-13-11-36(2)12-14-37/h3,5-6,9-10,15-18,28-29H,4,7-8,11-14,19-20H2,1-2H3,(H2,33,34)(H,35,38)/t28-,29-/m0/s1. The van der Waals surface area contributed by atoms with Gasteiger partial charge in [-0.05, 0) is 56.5 Å². The summed E-state index contributed by atoms with van der Waals surface area (Å²) in [6, 6.07) is 15.1. The topological polar surface area (TPSA) is 83.7 Å². The van der Waals surface area contributed by atoms with Crippen molar-refractivity contribution < 1.29 is 13.9 Å². The van der Waals surface area contributed by atoms with E-state index in [1.165, 1.54) is 11.6 Å². The Kier molecular flexibility index (Phi) is 8.55. The zero-order valence-corrected chi connectivity index (χ0v) is 22.8. The van der Waals surface area contributed by atoms with Crippen LogP contribution in [0.2, 0.25) is 0 Å². The quantitative estimate of drug-likeness (QED) is 0.449. The monoisotopic (exact) mass is 531 g/mol. The number of hydrogen-bond donors (Lipinski definition) is 2. The van der Waals surface area contributed by atoms with Gasteiger partial charge >= 0.3 is 0 Å². The number of anilines is 1. The summed E-state index contributed by atoms with van der Waals surface area (Å²) in [5.41, 5.74) is 10.7. The number of hydrogen-bond acceptors (Lipinski definition) is 6. The number of carbonyl (C=O) groups is 1. The second-order valence-corrected chi connectivity index (χ2v) is 10.9. The molecule has 5 rings (SSSR count). The molecular formula is C31H38FN5O2. The molecule has 2 heterocycles. The summed E-state index contributed by atoms with van der Waals surface area (Å²) in [6.07, 6.45) is 4.25. The molecular weight excluding hydrogens is 493 g/mol. The van der Waals surface area contributed by atoms with Gasteiger partial charge in [-0.1, -0.05) is 42.0 Å². The fourth-order valence-corrected chi connectivity index (χ4v) is 5.46. The number of ether oxygens (including phenoxy) is 1. The average molecular weight is 532 g/mol. The van der Waals surface area contributed by atoms with Crippen LogP contribution in [-0.2, 0) is 17.9 Å². The Morgan fingerprint density at radius 1 is 1.10 bits per heavy atom. The minimum absolute atomic E-state index is 0.0613. The molecule has 0 bridgehead atoms. The van der Waals surface area contributed by atoms with Gasteiger partial charge in [0.25, 0.3) is 5.91 Å². The fourth-order valence-electron chi connectivity index (χ4n) is 5.46. The number of nitrogens with zero attached hydrogens (tertiary/aromatic N) is 3. The molecule has 3 N–H and O–H groups in total. The normalized spacial score (nSPS) is 20.3. The second kappa shape index (κ2) is 12.2. The first-order valence-corrected chi connectivity index (χ1v) is 13.8. The van der Waals surface area contributed by atoms with Gasteiger partial charge < -0.3 is 20.7 Å². The number of rotatable bonds is 8. The van der Waals surface area contributed by atoms with Gasteiger partial charge in [-0.25, -0.2) is 9.37 Å². The molecule has 7 nitrogen and oxygen atoms in total. The van der Waals surface area contributed by atoms with Crippen molar-refractivity contribution in [3.05, 3.63) is 82.8 Å². The van der Waals surface area contributed by atoms with Crippen molar-refractivity contribution >= 4 is 11.7 Å². The lowest BCUT2D eigenvalue weighted by molar-refractivity contribution is 0.0272. The summed E-state index contributed by atoms with van der Waals surface area (Å²) in [7, 11) is 2.11. The molecule has 1 saturated heterocycles. The Hall–Kier alpha value is -3.33. The van der Waals surface area contributed by atoms with E-state index in [1.807, 2.05) is 18.2 Å². The Morgan fingerprint density at radius 2 is 1.92 bits per heavy atom. The number of nitrogens with two attached hydrogens (primary N) is 1. The van der Waals surface area contributed by atoms with Gasteiger partial charge in [0.2, 0.25) is 0 Å². The van der Waals surface area contributed by atoms with E-state index in [4.69, 9.17) is 10.5 Å². The van der Waals surface area contributed by atoms with E-state index >= 15 is 4.39 Å². The van der Waals surface area contributed by atoms with Crippen LogP contribution in [0.15, 0.2) is 54.7 Å². The third kappa shape index (κ3) is 6.82. The Bertz CT molecular complexity index is 1310. The molecule has 0 radical (unpaired) electrons. The number of benzene rings is 2. The summed E-state index contributed by atoms with van der Waals surface area (Å²) < 4.78 is 21.3. The first-order chi connectivity index (χ1) is 18.9. The third-order valence-corrected chi connectivity index (χ3v) is 7.85. The molecule has 8 heteroatoms. The van der Waals surface area contributed by atoms with Crippen molar-refractivity contribution in [3.8, 4) is 11.1 Å². The summed E-state index contributed by atoms with van der Waals surface area (Å²) in [5.74, 6) is -0.391. The maximum atomic E-state index is 15.1. The minimum atomic E-state index is -0.287. The molecule has 2 aromatic carbocycles. The second-order valence-electron chi connectivity index (χ2n) is 10.9. The Balaban J connectivity index is 1.24. The van der Waals surface area contributed by atoms with Gasteiger partial charge in [0, 0.05) is 50.0 Å². The fraction of sp³-hybridized carbons (Fsp3) is 0.419. The number of nitrogen functional groups attached to an aromatic ring is 1. The van der Waals surface area contributed by atoms with Crippen molar-refractivity contribution in [2.24, 2.45) is 0 Å². The van der Waals surface area contributed by atoms with E-state index in [0.717, 1.165) is 51.0 Å². The average Bonchev–Trinajstić information content (AvgIpc) is 3.37. The summed E-state index contributed by atoms with van der Waals surface area (Å²) in [6.45, 7) is 6.99. The predicted molar refractivity (Wildman–Crippen MR) is 152 cm³/mol. The van der Waals surface area contributed by atoms with Crippen molar-refractivity contribution in [2.75, 3.05) is 39.0 Å². The molecule has 1 aromatic heterocycles. The lowest BCUT2D eigenvalue weighted by atomic mass is 10.0. The van der Waals surface area contributed by atoms with E-state index in [2.05, 4.69) is 52.3 Å². The van der Waals surface area contributed by atoms with Gasteiger partial charge in [0.1, 0.15) is 11.6 Å². The zero-order valence-electron chi connectivity index (χ0n) is 22.8. The molecule has 0 unspecified atom stereocenters. The molecule has 0 spiro atoms. The lowest BCUT2D eigenvalue weighted by Gasteiger charge is -2.32. The molecule has 2 fully saturated rings. The summed E-state index contributed by atoms with van der Waals surface area (Å²) >= 11 is 0. The number of aromatic nitrogens is 1. The van der Waals surface area contributed by atoms with Crippen LogP contribution < -0.4 is 11.1 Å². The van der Waals surface area contributed by atoms with E-state index in [9.17, 15) is 4.79 Å². The van der Waals surface area contributed by atoms with E-state index in [1.54, 1.807) is 12.3 Å². The van der Waals surface area contributed by atoms with Crippen LogP contribution in [0.4, 0.5) is 10.2 Å². The van der Waals surface area contributed by atoms with Crippen molar-refractivity contribution in [1.29, 1.82) is 0 Å². The van der Waals surface area contributed by atoms with E-state index in [-0.39, 0.29) is 29.7 Å². The number of carbonyl (C=O) groups excluding carboxylic acids is 1. The lowest BCUT2D eigenvalue weighted by Crippen LogP contribution is -2.44. The zero-order chi connectivity index (χ0) is 27.4. The predicted octanol–water partition coefficient (Wildman–Crippen LogP) is 4.39. The van der Waals surface area contributed by atoms with E-state index in [0.29, 0.717) is 35.4 Å². The van der Waals surface area contributed by atoms with Gasteiger partial charge in [-0.2, -0.15) is 0 Å². The minimum Gasteiger partial charge on any atom is -0.383 e. The molecule has 2 atom stereocenters. The van der Waals surface area contributed by atoms with E-state index < -0.39 is 0 Å². The first-order valence-electron chi connectivity index (χ1n) is 13.8. The highest BCUT2D eigenvalue weighted by molar-refractivity contribution is 5.99. The molecule has 2 aliphatic rings. The number of halogens is 1. The highest BCUT2D eigenvalue weighted by atomic mass is 19.1. The van der Waals surface area contributed by atoms with Gasteiger partial charge in [0.05, 0.1) is 24.3 Å². The van der Waals surface area contributed by atoms with Crippen LogP contribution in [0, 0.1) is 12.7 Å². The Labute approximate surface area is 230 Å². The van der Waals surface area contributed by atoms with Crippen LogP contribution in [0.5, 0.6) is 0 Å². The molecule has 1 aliphatic heterocycles. The number of nitrogens with one attached hydrogen (secondary N) is 1. The number of amides is 1. The number of piperazine rings is 1. The molecule has 1 saturated carbocycles. The highest BCUT2D eigenvalue weighted by Gasteiger charge is 2.30. The molecule has 39 heavy (non-hydrogen) atoms. The Morgan fingerprint density at radius 3 is 2.69 bits per heavy atom. The smallest absolute Gasteiger partial charge is 0.255 e. The van der Waals surface area contributed by atoms with Crippen LogP contribution in [0.3, 0.4) is 0 Å². The SMILES string of the molecule is Cc1cccc(CO[C@H]2CCC[C@@H]2NC(=O)c2cc(-c3ccc(CN4CCN(C)CC4)c(F)c3)cnc2N)c1. The molecule has 1 amide bonds.